The molecular formula is C7H14F21N7O14S7. The molecule has 0 saturated carbocycles. The van der Waals surface area contributed by atoms with Gasteiger partial charge in [-0.3, -0.25) is 0 Å². The number of alkyl halides is 21. The van der Waals surface area contributed by atoms with Gasteiger partial charge in [0.15, 0.2) is 0 Å². The Labute approximate surface area is 295 Å². The molecule has 0 atom stereocenters. The fraction of sp³-hybridized carbons (Fsp3) is 1.00. The fourth-order valence-corrected chi connectivity index (χ4v) is 0. The molecule has 0 aromatic rings. The van der Waals surface area contributed by atoms with E-state index in [4.69, 9.17) is 0 Å². The molecule has 0 saturated heterocycles. The Bertz CT molecular complexity index is 1580. The minimum atomic E-state index is -5.34. The van der Waals surface area contributed by atoms with Crippen molar-refractivity contribution in [2.75, 3.05) is 0 Å². The summed E-state index contributed by atoms with van der Waals surface area (Å²) in [6.07, 6.45) is 0. The summed E-state index contributed by atoms with van der Waals surface area (Å²) in [5, 5.41) is 25.6. The molecule has 0 spiro atoms. The Morgan fingerprint density at radius 1 is 0.179 bits per heavy atom. The van der Waals surface area contributed by atoms with Crippen LogP contribution in [0.2, 0.25) is 0 Å². The Hall–Kier alpha value is -2.10. The zero-order chi connectivity index (χ0) is 49.0. The van der Waals surface area contributed by atoms with Crippen LogP contribution in [0.3, 0.4) is 0 Å². The topological polar surface area (TPSA) is 421 Å². The molecule has 0 aliphatic carbocycles. The highest BCUT2D eigenvalue weighted by molar-refractivity contribution is 7.91. The average molecular weight is 1040 g/mol. The molecule has 0 fully saturated rings. The predicted molar refractivity (Wildman–Crippen MR) is 134 cm³/mol. The van der Waals surface area contributed by atoms with Gasteiger partial charge in [-0.2, -0.15) is 92.2 Å². The second-order valence-corrected chi connectivity index (χ2v) is 17.8. The molecule has 0 aromatic heterocycles. The molecule has 0 radical (unpaired) electrons. The molecule has 14 N–H and O–H groups in total. The molecule has 49 heteroatoms. The first-order valence-corrected chi connectivity index (χ1v) is 20.2. The van der Waals surface area contributed by atoms with Crippen LogP contribution in [0.5, 0.6) is 0 Å². The molecule has 0 heterocycles. The monoisotopic (exact) mass is 1040 g/mol. The van der Waals surface area contributed by atoms with Crippen molar-refractivity contribution in [1.82, 2.24) is 0 Å². The van der Waals surface area contributed by atoms with Crippen LogP contribution < -0.4 is 36.0 Å². The smallest absolute Gasteiger partial charge is 0.221 e. The van der Waals surface area contributed by atoms with Crippen molar-refractivity contribution in [1.29, 1.82) is 0 Å². The van der Waals surface area contributed by atoms with E-state index in [9.17, 15) is 151 Å². The first-order chi connectivity index (χ1) is 22.8. The Balaban J connectivity index is -0.000000100. The SMILES string of the molecule is NS(=O)(=O)C(F)(F)F.NS(=O)(=O)C(F)(F)F.NS(=O)(=O)C(F)(F)F.NS(=O)(=O)C(F)(F)F.NS(=O)(=O)C(F)(F)F.NS(=O)(=O)C(F)(F)F.NS(=O)(=O)C(F)(F)F. The van der Waals surface area contributed by atoms with Gasteiger partial charge in [-0.25, -0.2) is 94.9 Å². The number of hydrogen-bond donors (Lipinski definition) is 7. The first kappa shape index (κ1) is 68.6. The van der Waals surface area contributed by atoms with Gasteiger partial charge in [0.25, 0.3) is 0 Å². The maximum absolute atomic E-state index is 10.8. The van der Waals surface area contributed by atoms with Gasteiger partial charge in [-0.05, 0) is 0 Å². The van der Waals surface area contributed by atoms with Crippen LogP contribution in [0.15, 0.2) is 0 Å². The summed E-state index contributed by atoms with van der Waals surface area (Å²) in [5.41, 5.74) is -37.2. The van der Waals surface area contributed by atoms with Gasteiger partial charge in [0.05, 0.1) is 0 Å². The van der Waals surface area contributed by atoms with Gasteiger partial charge in [-0.15, -0.1) is 0 Å². The quantitative estimate of drug-likeness (QED) is 0.137. The van der Waals surface area contributed by atoms with Crippen molar-refractivity contribution in [3.05, 3.63) is 0 Å². The van der Waals surface area contributed by atoms with Crippen molar-refractivity contribution in [2.45, 2.75) is 38.6 Å². The van der Waals surface area contributed by atoms with Crippen molar-refractivity contribution in [3.63, 3.8) is 0 Å². The van der Waals surface area contributed by atoms with E-state index >= 15 is 0 Å². The summed E-state index contributed by atoms with van der Waals surface area (Å²) in [6, 6.07) is 0. The summed E-state index contributed by atoms with van der Waals surface area (Å²) in [4.78, 5) is 0. The Morgan fingerprint density at radius 3 is 0.196 bits per heavy atom. The predicted octanol–water partition coefficient (Wildman–Crippen LogP) is -1.44. The molecule has 0 aliphatic rings. The number of halogens is 21. The summed E-state index contributed by atoms with van der Waals surface area (Å²) in [6.45, 7) is 0. The van der Waals surface area contributed by atoms with E-state index in [0.717, 1.165) is 0 Å². The number of sulfonamides is 7. The third-order valence-electron chi connectivity index (χ3n) is 2.26. The third-order valence-corrected chi connectivity index (χ3v) is 6.77. The van der Waals surface area contributed by atoms with Crippen molar-refractivity contribution < 1.29 is 151 Å². The van der Waals surface area contributed by atoms with E-state index in [1.54, 1.807) is 0 Å². The summed E-state index contributed by atoms with van der Waals surface area (Å²) in [7, 11) is -37.4. The summed E-state index contributed by atoms with van der Waals surface area (Å²) < 4.78 is 358. The fourth-order valence-electron chi connectivity index (χ4n) is 0. The second kappa shape index (κ2) is 21.2. The van der Waals surface area contributed by atoms with E-state index in [-0.39, 0.29) is 0 Å². The molecule has 0 aromatic carbocycles. The third kappa shape index (κ3) is 36.3. The molecule has 56 heavy (non-hydrogen) atoms. The second-order valence-electron chi connectivity index (χ2n) is 6.94. The number of primary sulfonamides is 7. The normalized spacial score (nSPS) is 14.0. The molecule has 350 valence electrons. The van der Waals surface area contributed by atoms with Gasteiger partial charge in [0, 0.05) is 0 Å². The number of hydrogen-bond acceptors (Lipinski definition) is 14. The van der Waals surface area contributed by atoms with Crippen molar-refractivity contribution >= 4 is 70.2 Å². The molecule has 0 bridgehead atoms. The van der Waals surface area contributed by atoms with Gasteiger partial charge in [0.2, 0.25) is 0 Å². The first-order valence-electron chi connectivity index (χ1n) is 9.38. The minimum absolute atomic E-state index is 3.66. The van der Waals surface area contributed by atoms with E-state index in [0.29, 0.717) is 0 Å². The Morgan fingerprint density at radius 2 is 0.196 bits per heavy atom. The number of nitrogens with two attached hydrogens (primary N) is 7. The Kier molecular flexibility index (Phi) is 26.0. The highest BCUT2D eigenvalue weighted by Crippen LogP contribution is 2.22. The van der Waals surface area contributed by atoms with Crippen LogP contribution in [0.4, 0.5) is 92.2 Å². The standard InChI is InChI=1S/7CH2F3NO2S/c7*2-1(3,4)8(5,6)7/h7*(H2,5,6,7). The van der Waals surface area contributed by atoms with Crippen LogP contribution in [-0.2, 0) is 70.2 Å². The van der Waals surface area contributed by atoms with Crippen LogP contribution in [0.25, 0.3) is 0 Å². The van der Waals surface area contributed by atoms with Gasteiger partial charge in [-0.1, -0.05) is 0 Å². The largest absolute Gasteiger partial charge is 0.511 e. The summed E-state index contributed by atoms with van der Waals surface area (Å²) in [5.74, 6) is 0. The molecule has 0 rings (SSSR count). The number of rotatable bonds is 0. The average Bonchev–Trinajstić information content (AvgIpc) is 2.72. The maximum Gasteiger partial charge on any atom is 0.511 e. The van der Waals surface area contributed by atoms with Crippen LogP contribution in [-0.4, -0.2) is 97.5 Å². The van der Waals surface area contributed by atoms with Gasteiger partial charge in [0.1, 0.15) is 0 Å². The molecule has 0 aliphatic heterocycles. The lowest BCUT2D eigenvalue weighted by atomic mass is 11.6. The van der Waals surface area contributed by atoms with Crippen molar-refractivity contribution in [2.24, 2.45) is 36.0 Å². The lowest BCUT2D eigenvalue weighted by Crippen LogP contribution is -2.30. The lowest BCUT2D eigenvalue weighted by Gasteiger charge is -1.98. The van der Waals surface area contributed by atoms with Crippen LogP contribution >= 0.6 is 0 Å². The van der Waals surface area contributed by atoms with E-state index in [1.807, 2.05) is 0 Å². The molecule has 0 unspecified atom stereocenters. The van der Waals surface area contributed by atoms with Crippen LogP contribution in [0, 0.1) is 0 Å². The molecular weight excluding hydrogens is 1030 g/mol. The molecule has 21 nitrogen and oxygen atoms in total. The van der Waals surface area contributed by atoms with Gasteiger partial charge >= 0.3 is 109 Å². The highest BCUT2D eigenvalue weighted by Gasteiger charge is 2.46. The van der Waals surface area contributed by atoms with E-state index in [2.05, 4.69) is 36.0 Å². The van der Waals surface area contributed by atoms with E-state index < -0.39 is 109 Å². The lowest BCUT2D eigenvalue weighted by molar-refractivity contribution is -0.0441. The zero-order valence-corrected chi connectivity index (χ0v) is 29.8. The summed E-state index contributed by atoms with van der Waals surface area (Å²) >= 11 is 0. The maximum atomic E-state index is 10.8. The minimum Gasteiger partial charge on any atom is -0.221 e. The zero-order valence-electron chi connectivity index (χ0n) is 24.1. The highest BCUT2D eigenvalue weighted by atomic mass is 32.2. The van der Waals surface area contributed by atoms with Crippen LogP contribution in [0.1, 0.15) is 0 Å². The van der Waals surface area contributed by atoms with Crippen molar-refractivity contribution in [3.8, 4) is 0 Å². The van der Waals surface area contributed by atoms with Gasteiger partial charge < -0.3 is 0 Å². The van der Waals surface area contributed by atoms with E-state index in [1.165, 1.54) is 0 Å². The molecule has 0 amide bonds.